The molecule has 2 aromatic carbocycles. The molecule has 38 heavy (non-hydrogen) atoms. The van der Waals surface area contributed by atoms with Gasteiger partial charge >= 0.3 is 6.18 Å². The normalized spacial score (nSPS) is 12.0. The molecule has 0 saturated carbocycles. The molecule has 0 bridgehead atoms. The van der Waals surface area contributed by atoms with Crippen molar-refractivity contribution in [2.75, 3.05) is 13.2 Å². The van der Waals surface area contributed by atoms with Gasteiger partial charge in [0.25, 0.3) is 11.5 Å². The number of aliphatic hydroxyl groups excluding tert-OH is 1. The van der Waals surface area contributed by atoms with Gasteiger partial charge < -0.3 is 15.2 Å². The molecule has 1 heterocycles. The van der Waals surface area contributed by atoms with Crippen molar-refractivity contribution in [1.29, 1.82) is 0 Å². The molecule has 0 atom stereocenters. The summed E-state index contributed by atoms with van der Waals surface area (Å²) in [5.74, 6) is -0.784. The number of ether oxygens (including phenoxy) is 1. The molecule has 12 heteroatoms. The van der Waals surface area contributed by atoms with Crippen molar-refractivity contribution < 1.29 is 36.2 Å². The van der Waals surface area contributed by atoms with Crippen LogP contribution in [0, 0.1) is 6.92 Å². The van der Waals surface area contributed by atoms with Crippen LogP contribution < -0.4 is 15.6 Å². The summed E-state index contributed by atoms with van der Waals surface area (Å²) >= 11 is 0. The van der Waals surface area contributed by atoms with Crippen LogP contribution >= 0.6 is 0 Å². The molecule has 204 valence electrons. The number of aromatic nitrogens is 1. The minimum absolute atomic E-state index is 0.0319. The summed E-state index contributed by atoms with van der Waals surface area (Å²) in [6.45, 7) is 3.99. The predicted octanol–water partition coefficient (Wildman–Crippen LogP) is 3.65. The highest BCUT2D eigenvalue weighted by atomic mass is 32.2. The van der Waals surface area contributed by atoms with Crippen molar-refractivity contribution in [3.8, 4) is 11.4 Å². The smallest absolute Gasteiger partial charge is 0.416 e. The zero-order valence-corrected chi connectivity index (χ0v) is 21.7. The fraction of sp³-hybridized carbons (Fsp3) is 0.308. The third kappa shape index (κ3) is 6.25. The van der Waals surface area contributed by atoms with Gasteiger partial charge in [-0.15, -0.1) is 0 Å². The molecular formula is C26H27F3N2O6S. The van der Waals surface area contributed by atoms with Crippen LogP contribution in [-0.2, 0) is 22.6 Å². The van der Waals surface area contributed by atoms with Crippen LogP contribution in [0.5, 0.6) is 5.75 Å². The third-order valence-electron chi connectivity index (χ3n) is 5.75. The van der Waals surface area contributed by atoms with Crippen LogP contribution in [0.4, 0.5) is 13.2 Å². The summed E-state index contributed by atoms with van der Waals surface area (Å²) in [6.07, 6.45) is -4.65. The van der Waals surface area contributed by atoms with Gasteiger partial charge in [0.2, 0.25) is 0 Å². The summed E-state index contributed by atoms with van der Waals surface area (Å²) in [5.41, 5.74) is -1.65. The van der Waals surface area contributed by atoms with E-state index in [1.807, 2.05) is 0 Å². The van der Waals surface area contributed by atoms with E-state index in [-0.39, 0.29) is 47.3 Å². The number of carbonyl (C=O) groups is 1. The summed E-state index contributed by atoms with van der Waals surface area (Å²) in [6, 6.07) is 11.2. The molecular weight excluding hydrogens is 525 g/mol. The number of carbonyl (C=O) groups excluding carboxylic acids is 1. The number of alkyl halides is 3. The molecule has 0 saturated heterocycles. The van der Waals surface area contributed by atoms with E-state index < -0.39 is 38.3 Å². The molecule has 0 aliphatic rings. The Bertz CT molecular complexity index is 1480. The van der Waals surface area contributed by atoms with Gasteiger partial charge in [-0.3, -0.25) is 14.2 Å². The van der Waals surface area contributed by atoms with E-state index >= 15 is 0 Å². The van der Waals surface area contributed by atoms with Gasteiger partial charge in [0.15, 0.2) is 9.84 Å². The second-order valence-corrected chi connectivity index (χ2v) is 11.2. The number of pyridine rings is 1. The van der Waals surface area contributed by atoms with E-state index in [1.165, 1.54) is 43.3 Å². The lowest BCUT2D eigenvalue weighted by molar-refractivity contribution is -0.137. The number of aliphatic hydroxyl groups is 1. The number of hydrogen-bond acceptors (Lipinski definition) is 6. The number of benzene rings is 2. The number of nitrogens with zero attached hydrogens (tertiary/aromatic N) is 1. The summed E-state index contributed by atoms with van der Waals surface area (Å²) < 4.78 is 70.9. The number of hydrogen-bond donors (Lipinski definition) is 2. The Balaban J connectivity index is 1.97. The highest BCUT2D eigenvalue weighted by molar-refractivity contribution is 7.92. The van der Waals surface area contributed by atoms with E-state index in [9.17, 15) is 31.2 Å². The van der Waals surface area contributed by atoms with Gasteiger partial charge in [-0.25, -0.2) is 8.42 Å². The highest BCUT2D eigenvalue weighted by Gasteiger charge is 2.31. The fourth-order valence-electron chi connectivity index (χ4n) is 3.62. The largest absolute Gasteiger partial charge is 0.489 e. The first-order valence-corrected chi connectivity index (χ1v) is 13.1. The van der Waals surface area contributed by atoms with Gasteiger partial charge in [0, 0.05) is 18.3 Å². The van der Waals surface area contributed by atoms with E-state index in [1.54, 1.807) is 13.8 Å². The Labute approximate surface area is 217 Å². The molecule has 2 N–H and O–H groups in total. The maximum Gasteiger partial charge on any atom is 0.416 e. The minimum atomic E-state index is -4.65. The molecule has 1 amide bonds. The lowest BCUT2D eigenvalue weighted by Crippen LogP contribution is -2.33. The Morgan fingerprint density at radius 1 is 1.11 bits per heavy atom. The Morgan fingerprint density at radius 3 is 2.34 bits per heavy atom. The van der Waals surface area contributed by atoms with Crippen LogP contribution in [0.2, 0.25) is 0 Å². The average molecular weight is 553 g/mol. The third-order valence-corrected chi connectivity index (χ3v) is 7.92. The van der Waals surface area contributed by atoms with Gasteiger partial charge in [-0.1, -0.05) is 18.2 Å². The van der Waals surface area contributed by atoms with Gasteiger partial charge in [-0.2, -0.15) is 13.2 Å². The summed E-state index contributed by atoms with van der Waals surface area (Å²) in [5, 5.41) is 11.1. The number of halogens is 3. The van der Waals surface area contributed by atoms with Crippen molar-refractivity contribution in [1.82, 2.24) is 9.88 Å². The molecule has 1 aromatic heterocycles. The maximum atomic E-state index is 13.3. The maximum absolute atomic E-state index is 13.3. The van der Waals surface area contributed by atoms with E-state index in [0.717, 1.165) is 22.8 Å². The van der Waals surface area contributed by atoms with Crippen molar-refractivity contribution in [2.24, 2.45) is 0 Å². The SMILES string of the molecule is Cc1c(OCCO)cc(C(=O)NCc2ccc(S(=O)(=O)C(C)C)cc2)c(=O)n1-c1cccc(C(F)(F)F)c1. The zero-order valence-electron chi connectivity index (χ0n) is 20.9. The van der Waals surface area contributed by atoms with Crippen molar-refractivity contribution in [2.45, 2.75) is 43.6 Å². The molecule has 0 spiro atoms. The number of sulfone groups is 1. The molecule has 8 nitrogen and oxygen atoms in total. The van der Waals surface area contributed by atoms with Crippen LogP contribution in [0.3, 0.4) is 0 Å². The Hall–Kier alpha value is -3.64. The molecule has 0 unspecified atom stereocenters. The van der Waals surface area contributed by atoms with Crippen LogP contribution in [0.25, 0.3) is 5.69 Å². The molecule has 3 aromatic rings. The van der Waals surface area contributed by atoms with Crippen LogP contribution in [0.1, 0.15) is 41.0 Å². The van der Waals surface area contributed by atoms with Gasteiger partial charge in [0.05, 0.1) is 28.0 Å². The summed E-state index contributed by atoms with van der Waals surface area (Å²) in [7, 11) is -3.47. The Kier molecular flexibility index (Phi) is 8.68. The van der Waals surface area contributed by atoms with Crippen molar-refractivity contribution in [3.63, 3.8) is 0 Å². The molecule has 0 aliphatic heterocycles. The lowest BCUT2D eigenvalue weighted by atomic mass is 10.1. The van der Waals surface area contributed by atoms with E-state index in [2.05, 4.69) is 5.32 Å². The van der Waals surface area contributed by atoms with Crippen LogP contribution in [0.15, 0.2) is 64.3 Å². The minimum Gasteiger partial charge on any atom is -0.489 e. The summed E-state index contributed by atoms with van der Waals surface area (Å²) in [4.78, 5) is 26.4. The first-order chi connectivity index (χ1) is 17.8. The second-order valence-electron chi connectivity index (χ2n) is 8.69. The number of rotatable bonds is 9. The first-order valence-electron chi connectivity index (χ1n) is 11.6. The Morgan fingerprint density at radius 2 is 1.76 bits per heavy atom. The zero-order chi connectivity index (χ0) is 28.3. The quantitative estimate of drug-likeness (QED) is 0.419. The van der Waals surface area contributed by atoms with Crippen LogP contribution in [-0.4, -0.2) is 42.5 Å². The van der Waals surface area contributed by atoms with Gasteiger partial charge in [0.1, 0.15) is 17.9 Å². The first kappa shape index (κ1) is 28.9. The topological polar surface area (TPSA) is 115 Å². The second kappa shape index (κ2) is 11.4. The predicted molar refractivity (Wildman–Crippen MR) is 134 cm³/mol. The molecule has 0 fully saturated rings. The monoisotopic (exact) mass is 552 g/mol. The highest BCUT2D eigenvalue weighted by Crippen LogP contribution is 2.31. The molecule has 0 radical (unpaired) electrons. The standard InChI is InChI=1S/C26H27F3N2O6S/c1-16(2)38(35,36)21-9-7-18(8-10-21)15-30-24(33)22-14-23(37-12-11-32)17(3)31(25(22)34)20-6-4-5-19(13-20)26(27,28)29/h4-10,13-14,16,32H,11-12,15H2,1-3H3,(H,30,33). The van der Waals surface area contributed by atoms with E-state index in [0.29, 0.717) is 5.56 Å². The molecule has 0 aliphatic carbocycles. The average Bonchev–Trinajstić information content (AvgIpc) is 2.86. The fourth-order valence-corrected chi connectivity index (χ4v) is 4.68. The van der Waals surface area contributed by atoms with Crippen molar-refractivity contribution >= 4 is 15.7 Å². The van der Waals surface area contributed by atoms with Gasteiger partial charge in [-0.05, 0) is 56.7 Å². The lowest BCUT2D eigenvalue weighted by Gasteiger charge is -2.18. The molecule has 3 rings (SSSR count). The van der Waals surface area contributed by atoms with E-state index in [4.69, 9.17) is 9.84 Å². The number of nitrogens with one attached hydrogen (secondary N) is 1. The number of amides is 1. The van der Waals surface area contributed by atoms with Crippen molar-refractivity contribution in [3.05, 3.63) is 87.3 Å².